The van der Waals surface area contributed by atoms with Crippen LogP contribution in [-0.4, -0.2) is 27.9 Å². The first-order chi connectivity index (χ1) is 13.0. The quantitative estimate of drug-likeness (QED) is 0.764. The van der Waals surface area contributed by atoms with Gasteiger partial charge in [-0.1, -0.05) is 12.8 Å². The molecule has 2 aromatic heterocycles. The summed E-state index contributed by atoms with van der Waals surface area (Å²) in [6, 6.07) is -0.633. The highest BCUT2D eigenvalue weighted by Crippen LogP contribution is 2.34. The van der Waals surface area contributed by atoms with Crippen LogP contribution in [-0.2, 0) is 33.8 Å². The number of rotatable bonds is 5. The number of carbonyl (C=O) groups excluding carboxylic acids is 2. The third kappa shape index (κ3) is 3.63. The van der Waals surface area contributed by atoms with Gasteiger partial charge >= 0.3 is 5.97 Å². The standard InChI is InChI=1S/C19H23N3O4S/c1-10(23)20-16(11-5-2-3-6-11)19(25)26-9-14-21-17(24)15-12-7-4-8-13(12)27-18(15)22-14/h11,16H,2-9H2,1H3,(H,20,23)(H,21,22,24)/t16-/m0/s1. The van der Waals surface area contributed by atoms with Crippen LogP contribution in [0.25, 0.3) is 10.2 Å². The number of ether oxygens (including phenoxy) is 1. The predicted molar refractivity (Wildman–Crippen MR) is 102 cm³/mol. The van der Waals surface area contributed by atoms with Gasteiger partial charge in [0.1, 0.15) is 23.3 Å². The van der Waals surface area contributed by atoms with E-state index < -0.39 is 12.0 Å². The lowest BCUT2D eigenvalue weighted by atomic mass is 9.98. The molecular weight excluding hydrogens is 366 g/mol. The zero-order valence-electron chi connectivity index (χ0n) is 15.3. The minimum absolute atomic E-state index is 0.102. The Balaban J connectivity index is 1.49. The molecule has 2 aromatic rings. The molecule has 27 heavy (non-hydrogen) atoms. The average molecular weight is 389 g/mol. The van der Waals surface area contributed by atoms with Crippen LogP contribution >= 0.6 is 11.3 Å². The van der Waals surface area contributed by atoms with E-state index in [2.05, 4.69) is 15.3 Å². The van der Waals surface area contributed by atoms with Crippen LogP contribution in [0.3, 0.4) is 0 Å². The number of fused-ring (bicyclic) bond motifs is 3. The van der Waals surface area contributed by atoms with Gasteiger partial charge < -0.3 is 15.0 Å². The Morgan fingerprint density at radius 1 is 1.30 bits per heavy atom. The van der Waals surface area contributed by atoms with Crippen molar-refractivity contribution in [3.63, 3.8) is 0 Å². The number of aryl methyl sites for hydroxylation is 2. The topological polar surface area (TPSA) is 101 Å². The van der Waals surface area contributed by atoms with Gasteiger partial charge in [-0.3, -0.25) is 9.59 Å². The first kappa shape index (κ1) is 18.2. The van der Waals surface area contributed by atoms with Crippen molar-refractivity contribution < 1.29 is 14.3 Å². The number of esters is 1. The fraction of sp³-hybridized carbons (Fsp3) is 0.579. The van der Waals surface area contributed by atoms with E-state index in [9.17, 15) is 14.4 Å². The smallest absolute Gasteiger partial charge is 0.329 e. The van der Waals surface area contributed by atoms with Gasteiger partial charge in [-0.15, -0.1) is 11.3 Å². The number of aromatic nitrogens is 2. The molecule has 0 aliphatic heterocycles. The second-order valence-electron chi connectivity index (χ2n) is 7.38. The summed E-state index contributed by atoms with van der Waals surface area (Å²) in [7, 11) is 0. The highest BCUT2D eigenvalue weighted by atomic mass is 32.1. The number of H-pyrrole nitrogens is 1. The summed E-state index contributed by atoms with van der Waals surface area (Å²) in [6.07, 6.45) is 6.94. The SMILES string of the molecule is CC(=O)N[C@H](C(=O)OCc1nc2sc3c(c2c(=O)[nH]1)CCC3)C1CCCC1. The summed E-state index contributed by atoms with van der Waals surface area (Å²) in [6.45, 7) is 1.30. The summed E-state index contributed by atoms with van der Waals surface area (Å²) in [5.41, 5.74) is 0.957. The molecule has 2 aliphatic carbocycles. The number of carbonyl (C=O) groups is 2. The molecule has 0 radical (unpaired) electrons. The van der Waals surface area contributed by atoms with Crippen molar-refractivity contribution in [2.45, 2.75) is 64.5 Å². The molecule has 1 amide bonds. The van der Waals surface area contributed by atoms with Gasteiger partial charge in [0.2, 0.25) is 5.91 Å². The van der Waals surface area contributed by atoms with Gasteiger partial charge in [0.25, 0.3) is 5.56 Å². The molecule has 8 heteroatoms. The van der Waals surface area contributed by atoms with Gasteiger partial charge in [-0.2, -0.15) is 0 Å². The van der Waals surface area contributed by atoms with Gasteiger partial charge in [0.15, 0.2) is 0 Å². The maximum atomic E-state index is 12.5. The Bertz CT molecular complexity index is 942. The predicted octanol–water partition coefficient (Wildman–Crippen LogP) is 2.21. The largest absolute Gasteiger partial charge is 0.456 e. The monoisotopic (exact) mass is 389 g/mol. The molecular formula is C19H23N3O4S. The van der Waals surface area contributed by atoms with Crippen LogP contribution in [0.1, 0.15) is 55.3 Å². The number of aromatic amines is 1. The van der Waals surface area contributed by atoms with E-state index in [4.69, 9.17) is 4.74 Å². The zero-order valence-corrected chi connectivity index (χ0v) is 16.1. The van der Waals surface area contributed by atoms with E-state index >= 15 is 0 Å². The molecule has 0 aromatic carbocycles. The Labute approximate surface area is 160 Å². The summed E-state index contributed by atoms with van der Waals surface area (Å²) in [5, 5.41) is 3.41. The van der Waals surface area contributed by atoms with Crippen LogP contribution in [0.2, 0.25) is 0 Å². The lowest BCUT2D eigenvalue weighted by Gasteiger charge is -2.22. The zero-order chi connectivity index (χ0) is 19.0. The molecule has 0 saturated heterocycles. The highest BCUT2D eigenvalue weighted by Gasteiger charge is 2.32. The minimum atomic E-state index is -0.633. The maximum Gasteiger partial charge on any atom is 0.329 e. The van der Waals surface area contributed by atoms with E-state index in [1.54, 1.807) is 11.3 Å². The number of hydrogen-bond donors (Lipinski definition) is 2. The molecule has 0 unspecified atom stereocenters. The second-order valence-corrected chi connectivity index (χ2v) is 8.46. The molecule has 0 spiro atoms. The van der Waals surface area contributed by atoms with E-state index in [0.29, 0.717) is 16.0 Å². The molecule has 1 saturated carbocycles. The molecule has 2 aliphatic rings. The van der Waals surface area contributed by atoms with Crippen molar-refractivity contribution in [1.82, 2.24) is 15.3 Å². The van der Waals surface area contributed by atoms with Crippen molar-refractivity contribution >= 4 is 33.4 Å². The Hall–Kier alpha value is -2.22. The van der Waals surface area contributed by atoms with E-state index in [-0.39, 0.29) is 24.0 Å². The molecule has 144 valence electrons. The molecule has 7 nitrogen and oxygen atoms in total. The molecule has 1 atom stereocenters. The molecule has 1 fully saturated rings. The van der Waals surface area contributed by atoms with Crippen LogP contribution in [0, 0.1) is 5.92 Å². The molecule has 4 rings (SSSR count). The fourth-order valence-corrected chi connectivity index (χ4v) is 5.50. The van der Waals surface area contributed by atoms with Crippen molar-refractivity contribution in [3.05, 3.63) is 26.6 Å². The van der Waals surface area contributed by atoms with Gasteiger partial charge in [-0.05, 0) is 43.6 Å². The average Bonchev–Trinajstić information content (AvgIpc) is 3.33. The molecule has 2 N–H and O–H groups in total. The van der Waals surface area contributed by atoms with Crippen molar-refractivity contribution in [2.75, 3.05) is 0 Å². The minimum Gasteiger partial charge on any atom is -0.456 e. The van der Waals surface area contributed by atoms with E-state index in [0.717, 1.165) is 50.5 Å². The summed E-state index contributed by atoms with van der Waals surface area (Å²) in [5.74, 6) is -0.261. The Morgan fingerprint density at radius 2 is 2.07 bits per heavy atom. The fourth-order valence-electron chi connectivity index (χ4n) is 4.22. The van der Waals surface area contributed by atoms with E-state index in [1.165, 1.54) is 11.8 Å². The summed E-state index contributed by atoms with van der Waals surface area (Å²) in [4.78, 5) is 45.7. The lowest BCUT2D eigenvalue weighted by molar-refractivity contribution is -0.150. The van der Waals surface area contributed by atoms with Gasteiger partial charge in [-0.25, -0.2) is 9.78 Å². The molecule has 2 heterocycles. The van der Waals surface area contributed by atoms with Gasteiger partial charge in [0, 0.05) is 11.8 Å². The maximum absolute atomic E-state index is 12.5. The first-order valence-corrected chi connectivity index (χ1v) is 10.3. The number of hydrogen-bond acceptors (Lipinski definition) is 6. The van der Waals surface area contributed by atoms with Crippen LogP contribution in [0.5, 0.6) is 0 Å². The van der Waals surface area contributed by atoms with E-state index in [1.807, 2.05) is 0 Å². The number of nitrogens with zero attached hydrogens (tertiary/aromatic N) is 1. The third-order valence-corrected chi connectivity index (χ3v) is 6.64. The van der Waals surface area contributed by atoms with Crippen LogP contribution in [0.4, 0.5) is 0 Å². The normalized spacial score (nSPS) is 17.8. The van der Waals surface area contributed by atoms with Crippen LogP contribution in [0.15, 0.2) is 4.79 Å². The number of thiophene rings is 1. The first-order valence-electron chi connectivity index (χ1n) is 9.50. The number of amides is 1. The second kappa shape index (κ2) is 7.42. The number of nitrogens with one attached hydrogen (secondary N) is 2. The Morgan fingerprint density at radius 3 is 2.81 bits per heavy atom. The third-order valence-electron chi connectivity index (χ3n) is 5.46. The van der Waals surface area contributed by atoms with Crippen molar-refractivity contribution in [2.24, 2.45) is 5.92 Å². The molecule has 0 bridgehead atoms. The lowest BCUT2D eigenvalue weighted by Crippen LogP contribution is -2.45. The van der Waals surface area contributed by atoms with Crippen molar-refractivity contribution in [1.29, 1.82) is 0 Å². The summed E-state index contributed by atoms with van der Waals surface area (Å²) < 4.78 is 5.40. The summed E-state index contributed by atoms with van der Waals surface area (Å²) >= 11 is 1.56. The highest BCUT2D eigenvalue weighted by molar-refractivity contribution is 7.18. The van der Waals surface area contributed by atoms with Gasteiger partial charge in [0.05, 0.1) is 5.39 Å². The van der Waals surface area contributed by atoms with Crippen LogP contribution < -0.4 is 10.9 Å². The Kier molecular flexibility index (Phi) is 4.99. The van der Waals surface area contributed by atoms with Crippen molar-refractivity contribution in [3.8, 4) is 0 Å².